The van der Waals surface area contributed by atoms with Crippen molar-refractivity contribution in [3.63, 3.8) is 0 Å². The van der Waals surface area contributed by atoms with E-state index in [1.807, 2.05) is 13.8 Å². The quantitative estimate of drug-likeness (QED) is 0.653. The molecule has 0 spiro atoms. The Labute approximate surface area is 112 Å². The maximum atomic E-state index is 13.2. The Hall–Kier alpha value is -1.91. The Balaban J connectivity index is 2.60. The summed E-state index contributed by atoms with van der Waals surface area (Å²) in [6.45, 7) is 4.09. The molecule has 104 valence electrons. The largest absolute Gasteiger partial charge is 0.469 e. The molecule has 1 N–H and O–H groups in total. The molecule has 0 aliphatic rings. The van der Waals surface area contributed by atoms with Crippen LogP contribution in [0.4, 0.5) is 4.39 Å². The van der Waals surface area contributed by atoms with E-state index in [0.29, 0.717) is 6.54 Å². The highest BCUT2D eigenvalue weighted by molar-refractivity contribution is 5.94. The van der Waals surface area contributed by atoms with Crippen molar-refractivity contribution >= 4 is 11.9 Å². The number of ether oxygens (including phenoxy) is 1. The Bertz CT molecular complexity index is 472. The fourth-order valence-electron chi connectivity index (χ4n) is 1.60. The highest BCUT2D eigenvalue weighted by Gasteiger charge is 2.22. The zero-order chi connectivity index (χ0) is 14.5. The molecule has 0 heterocycles. The van der Waals surface area contributed by atoms with Gasteiger partial charge in [0.1, 0.15) is 12.2 Å². The second-order valence-electron chi connectivity index (χ2n) is 4.92. The predicted octanol–water partition coefficient (Wildman–Crippen LogP) is 1.78. The molecule has 0 atom stereocenters. The van der Waals surface area contributed by atoms with Crippen LogP contribution in [0.25, 0.3) is 0 Å². The molecule has 19 heavy (non-hydrogen) atoms. The third-order valence-corrected chi connectivity index (χ3v) is 2.87. The van der Waals surface area contributed by atoms with Gasteiger partial charge in [0.15, 0.2) is 0 Å². The number of esters is 1. The smallest absolute Gasteiger partial charge is 0.315 e. The molecule has 1 amide bonds. The second-order valence-corrected chi connectivity index (χ2v) is 4.92. The van der Waals surface area contributed by atoms with Gasteiger partial charge in [-0.1, -0.05) is 26.0 Å². The lowest BCUT2D eigenvalue weighted by Crippen LogP contribution is -2.37. The third kappa shape index (κ3) is 4.69. The monoisotopic (exact) mass is 267 g/mol. The van der Waals surface area contributed by atoms with Crippen LogP contribution in [0.5, 0.6) is 0 Å². The lowest BCUT2D eigenvalue weighted by molar-refractivity contribution is -0.143. The number of methoxy groups -OCH3 is 1. The standard InChI is InChI=1S/C14H18FNO3/c1-14(2,10-5-4-6-11(15)7-10)9-16-12(17)8-13(18)19-3/h4-7H,8-9H2,1-3H3,(H,16,17). The number of benzene rings is 1. The molecule has 0 aromatic heterocycles. The Morgan fingerprint density at radius 1 is 1.37 bits per heavy atom. The van der Waals surface area contributed by atoms with E-state index in [4.69, 9.17) is 0 Å². The van der Waals surface area contributed by atoms with Crippen molar-refractivity contribution < 1.29 is 18.7 Å². The number of carbonyl (C=O) groups is 2. The van der Waals surface area contributed by atoms with E-state index < -0.39 is 17.3 Å². The van der Waals surface area contributed by atoms with Crippen LogP contribution in [0.1, 0.15) is 25.8 Å². The van der Waals surface area contributed by atoms with Crippen molar-refractivity contribution in [1.82, 2.24) is 5.32 Å². The summed E-state index contributed by atoms with van der Waals surface area (Å²) in [5.74, 6) is -1.30. The van der Waals surface area contributed by atoms with E-state index >= 15 is 0 Å². The first-order chi connectivity index (χ1) is 8.85. The summed E-state index contributed by atoms with van der Waals surface area (Å²) in [5, 5.41) is 2.64. The molecule has 0 saturated heterocycles. The lowest BCUT2D eigenvalue weighted by atomic mass is 9.84. The maximum Gasteiger partial charge on any atom is 0.315 e. The number of amides is 1. The van der Waals surface area contributed by atoms with Crippen molar-refractivity contribution in [1.29, 1.82) is 0 Å². The summed E-state index contributed by atoms with van der Waals surface area (Å²) in [4.78, 5) is 22.4. The van der Waals surface area contributed by atoms with Gasteiger partial charge in [0.25, 0.3) is 0 Å². The zero-order valence-corrected chi connectivity index (χ0v) is 11.3. The van der Waals surface area contributed by atoms with Crippen LogP contribution in [-0.2, 0) is 19.7 Å². The molecule has 5 heteroatoms. The minimum Gasteiger partial charge on any atom is -0.469 e. The van der Waals surface area contributed by atoms with Gasteiger partial charge in [-0.15, -0.1) is 0 Å². The van der Waals surface area contributed by atoms with E-state index in [1.54, 1.807) is 12.1 Å². The molecule has 0 radical (unpaired) electrons. The summed E-state index contributed by atoms with van der Waals surface area (Å²) in [6, 6.07) is 6.24. The molecule has 1 rings (SSSR count). The van der Waals surface area contributed by atoms with Gasteiger partial charge in [-0.3, -0.25) is 9.59 Å². The van der Waals surface area contributed by atoms with Crippen LogP contribution < -0.4 is 5.32 Å². The van der Waals surface area contributed by atoms with Crippen LogP contribution in [0.15, 0.2) is 24.3 Å². The molecule has 0 unspecified atom stereocenters. The minimum absolute atomic E-state index is 0.310. The van der Waals surface area contributed by atoms with Gasteiger partial charge in [0.2, 0.25) is 5.91 Å². The molecule has 0 saturated carbocycles. The van der Waals surface area contributed by atoms with Crippen LogP contribution in [-0.4, -0.2) is 25.5 Å². The van der Waals surface area contributed by atoms with E-state index in [1.165, 1.54) is 19.2 Å². The molecule has 1 aromatic rings. The third-order valence-electron chi connectivity index (χ3n) is 2.87. The maximum absolute atomic E-state index is 13.2. The average molecular weight is 267 g/mol. The van der Waals surface area contributed by atoms with E-state index in [9.17, 15) is 14.0 Å². The second kappa shape index (κ2) is 6.31. The molecule has 0 aliphatic heterocycles. The van der Waals surface area contributed by atoms with Crippen molar-refractivity contribution in [2.24, 2.45) is 0 Å². The highest BCUT2D eigenvalue weighted by atomic mass is 19.1. The molecule has 4 nitrogen and oxygen atoms in total. The van der Waals surface area contributed by atoms with Gasteiger partial charge in [-0.05, 0) is 17.7 Å². The zero-order valence-electron chi connectivity index (χ0n) is 11.3. The number of carbonyl (C=O) groups excluding carboxylic acids is 2. The highest BCUT2D eigenvalue weighted by Crippen LogP contribution is 2.22. The van der Waals surface area contributed by atoms with Gasteiger partial charge in [-0.2, -0.15) is 0 Å². The van der Waals surface area contributed by atoms with E-state index in [2.05, 4.69) is 10.1 Å². The predicted molar refractivity (Wildman–Crippen MR) is 69.1 cm³/mol. The summed E-state index contributed by atoms with van der Waals surface area (Å²) in [6.07, 6.45) is -0.310. The van der Waals surface area contributed by atoms with Crippen LogP contribution in [0, 0.1) is 5.82 Å². The Morgan fingerprint density at radius 2 is 2.05 bits per heavy atom. The summed E-state index contributed by atoms with van der Waals surface area (Å²) in [7, 11) is 1.23. The number of nitrogens with one attached hydrogen (secondary N) is 1. The molecular weight excluding hydrogens is 249 g/mol. The fourth-order valence-corrected chi connectivity index (χ4v) is 1.60. The van der Waals surface area contributed by atoms with Gasteiger partial charge < -0.3 is 10.1 Å². The molecular formula is C14H18FNO3. The first-order valence-electron chi connectivity index (χ1n) is 5.95. The van der Waals surface area contributed by atoms with Crippen LogP contribution in [0.2, 0.25) is 0 Å². The van der Waals surface area contributed by atoms with Gasteiger partial charge in [-0.25, -0.2) is 4.39 Å². The van der Waals surface area contributed by atoms with E-state index in [-0.39, 0.29) is 12.2 Å². The topological polar surface area (TPSA) is 55.4 Å². The molecule has 0 aliphatic carbocycles. The fraction of sp³-hybridized carbons (Fsp3) is 0.429. The number of hydrogen-bond acceptors (Lipinski definition) is 3. The Morgan fingerprint density at radius 3 is 2.63 bits per heavy atom. The average Bonchev–Trinajstić information content (AvgIpc) is 2.36. The number of hydrogen-bond donors (Lipinski definition) is 1. The summed E-state index contributed by atoms with van der Waals surface area (Å²) >= 11 is 0. The normalized spacial score (nSPS) is 10.9. The summed E-state index contributed by atoms with van der Waals surface area (Å²) < 4.78 is 17.6. The number of rotatable bonds is 5. The first-order valence-corrected chi connectivity index (χ1v) is 5.95. The SMILES string of the molecule is COC(=O)CC(=O)NCC(C)(C)c1cccc(F)c1. The number of halogens is 1. The molecule has 1 aromatic carbocycles. The summed E-state index contributed by atoms with van der Waals surface area (Å²) in [5.41, 5.74) is 0.360. The van der Waals surface area contributed by atoms with E-state index in [0.717, 1.165) is 5.56 Å². The minimum atomic E-state index is -0.582. The van der Waals surface area contributed by atoms with Crippen molar-refractivity contribution in [2.75, 3.05) is 13.7 Å². The van der Waals surface area contributed by atoms with Crippen molar-refractivity contribution in [3.8, 4) is 0 Å². The molecule has 0 bridgehead atoms. The first kappa shape index (κ1) is 15.1. The van der Waals surface area contributed by atoms with Gasteiger partial charge in [0, 0.05) is 12.0 Å². The van der Waals surface area contributed by atoms with Gasteiger partial charge >= 0.3 is 5.97 Å². The van der Waals surface area contributed by atoms with Crippen LogP contribution in [0.3, 0.4) is 0 Å². The Kier molecular flexibility index (Phi) is 5.03. The lowest BCUT2D eigenvalue weighted by Gasteiger charge is -2.25. The molecule has 0 fully saturated rings. The van der Waals surface area contributed by atoms with Crippen molar-refractivity contribution in [3.05, 3.63) is 35.6 Å². The van der Waals surface area contributed by atoms with Gasteiger partial charge in [0.05, 0.1) is 7.11 Å². The van der Waals surface area contributed by atoms with Crippen LogP contribution >= 0.6 is 0 Å². The van der Waals surface area contributed by atoms with Crippen molar-refractivity contribution in [2.45, 2.75) is 25.7 Å².